The molecule has 1 fully saturated rings. The minimum atomic E-state index is 1.06. The molecule has 0 bridgehead atoms. The zero-order chi connectivity index (χ0) is 13.8. The molecule has 20 heavy (non-hydrogen) atoms. The summed E-state index contributed by atoms with van der Waals surface area (Å²) in [6, 6.07) is 16.7. The molecule has 0 N–H and O–H groups in total. The molecule has 0 unspecified atom stereocenters. The summed E-state index contributed by atoms with van der Waals surface area (Å²) >= 11 is 0. The van der Waals surface area contributed by atoms with Gasteiger partial charge in [-0.1, -0.05) is 36.4 Å². The van der Waals surface area contributed by atoms with Gasteiger partial charge >= 0.3 is 0 Å². The molecular weight excluding hydrogens is 246 g/mol. The first kappa shape index (κ1) is 13.1. The summed E-state index contributed by atoms with van der Waals surface area (Å²) in [5, 5.41) is 0. The molecule has 0 spiro atoms. The fourth-order valence-corrected chi connectivity index (χ4v) is 2.64. The first-order valence-corrected chi connectivity index (χ1v) is 7.29. The second kappa shape index (κ2) is 6.06. The van der Waals surface area contributed by atoms with Gasteiger partial charge in [0.1, 0.15) is 5.82 Å². The van der Waals surface area contributed by atoms with Gasteiger partial charge in [-0.15, -0.1) is 0 Å². The quantitative estimate of drug-likeness (QED) is 0.834. The molecule has 2 aromatic rings. The minimum Gasteiger partial charge on any atom is -0.355 e. The van der Waals surface area contributed by atoms with Crippen LogP contribution in [0.1, 0.15) is 6.42 Å². The third-order valence-corrected chi connectivity index (χ3v) is 3.85. The summed E-state index contributed by atoms with van der Waals surface area (Å²) in [5.74, 6) is 1.10. The fraction of sp³-hybridized carbons (Fsp3) is 0.353. The van der Waals surface area contributed by atoms with Gasteiger partial charge in [0.25, 0.3) is 0 Å². The average Bonchev–Trinajstić information content (AvgIpc) is 2.73. The molecule has 1 aromatic heterocycles. The lowest BCUT2D eigenvalue weighted by atomic mass is 10.1. The summed E-state index contributed by atoms with van der Waals surface area (Å²) in [7, 11) is 2.19. The highest BCUT2D eigenvalue weighted by molar-refractivity contribution is 5.61. The van der Waals surface area contributed by atoms with E-state index in [1.807, 2.05) is 6.07 Å². The van der Waals surface area contributed by atoms with E-state index in [0.29, 0.717) is 0 Å². The summed E-state index contributed by atoms with van der Waals surface area (Å²) in [5.41, 5.74) is 2.24. The zero-order valence-electron chi connectivity index (χ0n) is 12.0. The molecule has 1 aromatic carbocycles. The zero-order valence-corrected chi connectivity index (χ0v) is 12.0. The van der Waals surface area contributed by atoms with Crippen LogP contribution >= 0.6 is 0 Å². The smallest absolute Gasteiger partial charge is 0.129 e. The summed E-state index contributed by atoms with van der Waals surface area (Å²) in [6.45, 7) is 4.43. The molecule has 3 rings (SSSR count). The lowest BCUT2D eigenvalue weighted by Crippen LogP contribution is -2.29. The summed E-state index contributed by atoms with van der Waals surface area (Å²) in [6.07, 6.45) is 1.20. The van der Waals surface area contributed by atoms with Crippen LogP contribution in [0, 0.1) is 0 Å². The van der Waals surface area contributed by atoms with Gasteiger partial charge in [-0.25, -0.2) is 4.98 Å². The Labute approximate surface area is 120 Å². The molecule has 1 saturated heterocycles. The van der Waals surface area contributed by atoms with E-state index in [4.69, 9.17) is 4.98 Å². The van der Waals surface area contributed by atoms with E-state index in [9.17, 15) is 0 Å². The minimum absolute atomic E-state index is 1.06. The van der Waals surface area contributed by atoms with E-state index in [2.05, 4.69) is 59.3 Å². The van der Waals surface area contributed by atoms with Gasteiger partial charge in [0.15, 0.2) is 0 Å². The van der Waals surface area contributed by atoms with Crippen LogP contribution in [-0.4, -0.2) is 43.1 Å². The second-order valence-corrected chi connectivity index (χ2v) is 5.39. The van der Waals surface area contributed by atoms with Crippen LogP contribution in [0.25, 0.3) is 11.3 Å². The fourth-order valence-electron chi connectivity index (χ4n) is 2.64. The van der Waals surface area contributed by atoms with Gasteiger partial charge in [-0.05, 0) is 32.1 Å². The van der Waals surface area contributed by atoms with E-state index in [-0.39, 0.29) is 0 Å². The van der Waals surface area contributed by atoms with Crippen molar-refractivity contribution >= 4 is 5.82 Å². The maximum Gasteiger partial charge on any atom is 0.129 e. The summed E-state index contributed by atoms with van der Waals surface area (Å²) in [4.78, 5) is 9.63. The Kier molecular flexibility index (Phi) is 3.97. The van der Waals surface area contributed by atoms with E-state index in [1.54, 1.807) is 0 Å². The Morgan fingerprint density at radius 3 is 2.55 bits per heavy atom. The third-order valence-electron chi connectivity index (χ3n) is 3.85. The molecule has 0 radical (unpaired) electrons. The van der Waals surface area contributed by atoms with Crippen LogP contribution in [-0.2, 0) is 0 Å². The number of anilines is 1. The Morgan fingerprint density at radius 1 is 0.850 bits per heavy atom. The van der Waals surface area contributed by atoms with Gasteiger partial charge in [-0.2, -0.15) is 0 Å². The second-order valence-electron chi connectivity index (χ2n) is 5.39. The lowest BCUT2D eigenvalue weighted by molar-refractivity contribution is 0.360. The molecule has 0 amide bonds. The Morgan fingerprint density at radius 2 is 1.70 bits per heavy atom. The van der Waals surface area contributed by atoms with Crippen LogP contribution in [0.2, 0.25) is 0 Å². The maximum atomic E-state index is 4.84. The Hall–Kier alpha value is -1.87. The van der Waals surface area contributed by atoms with Crippen molar-refractivity contribution in [3.63, 3.8) is 0 Å². The van der Waals surface area contributed by atoms with Crippen molar-refractivity contribution in [2.75, 3.05) is 38.1 Å². The molecule has 0 aliphatic carbocycles. The van der Waals surface area contributed by atoms with Crippen molar-refractivity contribution in [2.45, 2.75) is 6.42 Å². The molecule has 1 aliphatic rings. The van der Waals surface area contributed by atoms with Gasteiger partial charge < -0.3 is 9.80 Å². The normalized spacial score (nSPS) is 16.9. The van der Waals surface area contributed by atoms with Gasteiger partial charge in [-0.3, -0.25) is 0 Å². The molecule has 3 heteroatoms. The first-order chi connectivity index (χ1) is 9.83. The molecule has 1 aliphatic heterocycles. The predicted molar refractivity (Wildman–Crippen MR) is 84.0 cm³/mol. The number of aromatic nitrogens is 1. The number of hydrogen-bond donors (Lipinski definition) is 0. The molecule has 3 nitrogen and oxygen atoms in total. The highest BCUT2D eigenvalue weighted by Crippen LogP contribution is 2.21. The topological polar surface area (TPSA) is 19.4 Å². The van der Waals surface area contributed by atoms with Crippen LogP contribution in [0.3, 0.4) is 0 Å². The highest BCUT2D eigenvalue weighted by atomic mass is 15.2. The molecule has 2 heterocycles. The standard InChI is InChI=1S/C17H21N3/c1-19-11-6-12-20(14-13-19)17-10-5-9-16(18-17)15-7-3-2-4-8-15/h2-5,7-10H,6,11-14H2,1H3. The third kappa shape index (κ3) is 2.99. The average molecular weight is 267 g/mol. The molecule has 104 valence electrons. The van der Waals surface area contributed by atoms with Crippen molar-refractivity contribution < 1.29 is 0 Å². The summed E-state index contributed by atoms with van der Waals surface area (Å²) < 4.78 is 0. The van der Waals surface area contributed by atoms with Gasteiger partial charge in [0.05, 0.1) is 5.69 Å². The number of rotatable bonds is 2. The monoisotopic (exact) mass is 267 g/mol. The van der Waals surface area contributed by atoms with Crippen LogP contribution in [0.5, 0.6) is 0 Å². The van der Waals surface area contributed by atoms with E-state index < -0.39 is 0 Å². The highest BCUT2D eigenvalue weighted by Gasteiger charge is 2.13. The van der Waals surface area contributed by atoms with Crippen molar-refractivity contribution in [1.82, 2.24) is 9.88 Å². The van der Waals surface area contributed by atoms with Crippen molar-refractivity contribution in [2.24, 2.45) is 0 Å². The van der Waals surface area contributed by atoms with E-state index >= 15 is 0 Å². The van der Waals surface area contributed by atoms with E-state index in [0.717, 1.165) is 31.1 Å². The van der Waals surface area contributed by atoms with Crippen LogP contribution in [0.4, 0.5) is 5.82 Å². The predicted octanol–water partition coefficient (Wildman–Crippen LogP) is 2.89. The van der Waals surface area contributed by atoms with Gasteiger partial charge in [0, 0.05) is 25.2 Å². The van der Waals surface area contributed by atoms with Crippen molar-refractivity contribution in [1.29, 1.82) is 0 Å². The number of likely N-dealkylation sites (N-methyl/N-ethyl adjacent to an activating group) is 1. The number of pyridine rings is 1. The van der Waals surface area contributed by atoms with Crippen molar-refractivity contribution in [3.8, 4) is 11.3 Å². The number of hydrogen-bond acceptors (Lipinski definition) is 3. The van der Waals surface area contributed by atoms with Crippen LogP contribution in [0.15, 0.2) is 48.5 Å². The largest absolute Gasteiger partial charge is 0.355 e. The Balaban J connectivity index is 1.84. The van der Waals surface area contributed by atoms with Gasteiger partial charge in [0.2, 0.25) is 0 Å². The number of nitrogens with zero attached hydrogens (tertiary/aromatic N) is 3. The van der Waals surface area contributed by atoms with Crippen LogP contribution < -0.4 is 4.90 Å². The molecule has 0 atom stereocenters. The maximum absolute atomic E-state index is 4.84. The lowest BCUT2D eigenvalue weighted by Gasteiger charge is -2.22. The molecule has 0 saturated carbocycles. The SMILES string of the molecule is CN1CCCN(c2cccc(-c3ccccc3)n2)CC1. The number of benzene rings is 1. The van der Waals surface area contributed by atoms with E-state index in [1.165, 1.54) is 18.5 Å². The first-order valence-electron chi connectivity index (χ1n) is 7.29. The van der Waals surface area contributed by atoms with Crippen molar-refractivity contribution in [3.05, 3.63) is 48.5 Å². The molecular formula is C17H21N3. The Bertz CT molecular complexity index is 553.